The molecule has 1 aromatic heterocycles. The molecule has 30 heavy (non-hydrogen) atoms. The predicted molar refractivity (Wildman–Crippen MR) is 112 cm³/mol. The molecule has 2 fully saturated rings. The second kappa shape index (κ2) is 8.92. The van der Waals surface area contributed by atoms with Crippen LogP contribution in [-0.4, -0.2) is 72.9 Å². The Bertz CT molecular complexity index is 901. The third kappa shape index (κ3) is 4.36. The van der Waals surface area contributed by atoms with Gasteiger partial charge in [-0.25, -0.2) is 0 Å². The number of likely N-dealkylation sites (tertiary alicyclic amines) is 1. The number of carbonyl (C=O) groups excluding carboxylic acids is 2. The molecule has 0 N–H and O–H groups in total. The van der Waals surface area contributed by atoms with E-state index >= 15 is 0 Å². The number of hydrogen-bond donors (Lipinski definition) is 0. The van der Waals surface area contributed by atoms with Crippen LogP contribution in [0.1, 0.15) is 40.8 Å². The van der Waals surface area contributed by atoms with E-state index in [1.807, 2.05) is 30.0 Å². The summed E-state index contributed by atoms with van der Waals surface area (Å²) in [5.74, 6) is 2.02. The summed E-state index contributed by atoms with van der Waals surface area (Å²) in [5, 5.41) is 0. The Morgan fingerprint density at radius 3 is 2.60 bits per heavy atom. The fourth-order valence-corrected chi connectivity index (χ4v) is 4.36. The summed E-state index contributed by atoms with van der Waals surface area (Å²) in [5.41, 5.74) is 1.13. The van der Waals surface area contributed by atoms with E-state index in [4.69, 9.17) is 9.15 Å². The fraction of sp³-hybridized carbons (Fsp3) is 0.478. The van der Waals surface area contributed by atoms with Gasteiger partial charge >= 0.3 is 0 Å². The summed E-state index contributed by atoms with van der Waals surface area (Å²) in [7, 11) is 1.66. The molecule has 7 nitrogen and oxygen atoms in total. The van der Waals surface area contributed by atoms with Gasteiger partial charge in [-0.1, -0.05) is 12.1 Å². The van der Waals surface area contributed by atoms with Crippen molar-refractivity contribution in [3.05, 3.63) is 53.5 Å². The lowest BCUT2D eigenvalue weighted by Gasteiger charge is -2.35. The lowest BCUT2D eigenvalue weighted by atomic mass is 10.0. The van der Waals surface area contributed by atoms with Crippen LogP contribution in [-0.2, 0) is 4.79 Å². The molecular formula is C23H29N3O4. The zero-order chi connectivity index (χ0) is 21.1. The molecule has 3 heterocycles. The lowest BCUT2D eigenvalue weighted by molar-refractivity contribution is -0.133. The van der Waals surface area contributed by atoms with E-state index in [-0.39, 0.29) is 17.9 Å². The van der Waals surface area contributed by atoms with Gasteiger partial charge in [0.05, 0.1) is 19.7 Å². The number of carbonyl (C=O) groups is 2. The van der Waals surface area contributed by atoms with Gasteiger partial charge in [0.2, 0.25) is 5.91 Å². The van der Waals surface area contributed by atoms with Crippen LogP contribution in [0.2, 0.25) is 0 Å². The molecule has 1 unspecified atom stereocenters. The molecule has 4 rings (SSSR count). The van der Waals surface area contributed by atoms with Crippen molar-refractivity contribution in [2.75, 3.05) is 46.4 Å². The lowest BCUT2D eigenvalue weighted by Crippen LogP contribution is -2.51. The average molecular weight is 412 g/mol. The third-order valence-electron chi connectivity index (χ3n) is 6.02. The normalized spacial score (nSPS) is 19.9. The quantitative estimate of drug-likeness (QED) is 0.757. The first-order valence-electron chi connectivity index (χ1n) is 10.6. The maximum absolute atomic E-state index is 13.0. The van der Waals surface area contributed by atoms with Crippen LogP contribution in [0.3, 0.4) is 0 Å². The molecule has 2 aliphatic heterocycles. The van der Waals surface area contributed by atoms with Gasteiger partial charge in [-0.3, -0.25) is 14.5 Å². The summed E-state index contributed by atoms with van der Waals surface area (Å²) < 4.78 is 10.8. The fourth-order valence-electron chi connectivity index (χ4n) is 4.36. The number of furan rings is 1. The standard InChI is InChI=1S/C23H29N3O4/c1-17-8-9-21(30-17)23(28)25-13-11-24(12-14-25)16-22(27)26-10-4-7-20(26)18-5-3-6-19(15-18)29-2/h3,5-6,8-9,15,20H,4,7,10-14,16H2,1-2H3. The van der Waals surface area contributed by atoms with Crippen molar-refractivity contribution < 1.29 is 18.7 Å². The second-order valence-corrected chi connectivity index (χ2v) is 8.00. The second-order valence-electron chi connectivity index (χ2n) is 8.00. The van der Waals surface area contributed by atoms with Crippen LogP contribution in [0.4, 0.5) is 0 Å². The highest BCUT2D eigenvalue weighted by molar-refractivity contribution is 5.91. The summed E-state index contributed by atoms with van der Waals surface area (Å²) in [4.78, 5) is 31.5. The van der Waals surface area contributed by atoms with Crippen LogP contribution in [0, 0.1) is 6.92 Å². The molecule has 2 aliphatic rings. The van der Waals surface area contributed by atoms with Gasteiger partial charge in [-0.15, -0.1) is 0 Å². The molecule has 0 aliphatic carbocycles. The van der Waals surface area contributed by atoms with E-state index in [0.717, 1.165) is 36.5 Å². The van der Waals surface area contributed by atoms with E-state index in [0.29, 0.717) is 38.5 Å². The van der Waals surface area contributed by atoms with Gasteiger partial charge in [-0.05, 0) is 49.6 Å². The van der Waals surface area contributed by atoms with E-state index in [9.17, 15) is 9.59 Å². The zero-order valence-corrected chi connectivity index (χ0v) is 17.7. The van der Waals surface area contributed by atoms with E-state index in [2.05, 4.69) is 11.0 Å². The Labute approximate surface area is 177 Å². The van der Waals surface area contributed by atoms with Crippen LogP contribution in [0.25, 0.3) is 0 Å². The zero-order valence-electron chi connectivity index (χ0n) is 17.7. The van der Waals surface area contributed by atoms with Gasteiger partial charge in [0.15, 0.2) is 5.76 Å². The first-order valence-corrected chi connectivity index (χ1v) is 10.6. The van der Waals surface area contributed by atoms with Crippen molar-refractivity contribution in [3.63, 3.8) is 0 Å². The minimum atomic E-state index is -0.0771. The maximum Gasteiger partial charge on any atom is 0.289 e. The Balaban J connectivity index is 1.32. The molecular weight excluding hydrogens is 382 g/mol. The molecule has 1 atom stereocenters. The van der Waals surface area contributed by atoms with Crippen molar-refractivity contribution in [2.24, 2.45) is 0 Å². The van der Waals surface area contributed by atoms with Crippen molar-refractivity contribution in [1.29, 1.82) is 0 Å². The molecule has 0 bridgehead atoms. The summed E-state index contributed by atoms with van der Waals surface area (Å²) in [6.07, 6.45) is 1.99. The van der Waals surface area contributed by atoms with E-state index in [1.165, 1.54) is 0 Å². The first kappa shape index (κ1) is 20.5. The SMILES string of the molecule is COc1cccc(C2CCCN2C(=O)CN2CCN(C(=O)c3ccc(C)o3)CC2)c1. The number of ether oxygens (including phenoxy) is 1. The molecule has 1 aromatic carbocycles. The van der Waals surface area contributed by atoms with Crippen molar-refractivity contribution >= 4 is 11.8 Å². The Morgan fingerprint density at radius 1 is 1.10 bits per heavy atom. The number of piperazine rings is 1. The monoisotopic (exact) mass is 411 g/mol. The van der Waals surface area contributed by atoms with Gasteiger partial charge in [0.1, 0.15) is 11.5 Å². The molecule has 2 aromatic rings. The van der Waals surface area contributed by atoms with Gasteiger partial charge in [-0.2, -0.15) is 0 Å². The number of benzene rings is 1. The number of nitrogens with zero attached hydrogens (tertiary/aromatic N) is 3. The maximum atomic E-state index is 13.0. The minimum Gasteiger partial charge on any atom is -0.497 e. The molecule has 160 valence electrons. The summed E-state index contributed by atoms with van der Waals surface area (Å²) in [6.45, 7) is 5.59. The highest BCUT2D eigenvalue weighted by Crippen LogP contribution is 2.33. The Kier molecular flexibility index (Phi) is 6.08. The molecule has 0 spiro atoms. The Morgan fingerprint density at radius 2 is 1.90 bits per heavy atom. The molecule has 7 heteroatoms. The molecule has 2 saturated heterocycles. The topological polar surface area (TPSA) is 66.2 Å². The van der Waals surface area contributed by atoms with Crippen molar-refractivity contribution in [1.82, 2.24) is 14.7 Å². The van der Waals surface area contributed by atoms with E-state index in [1.54, 1.807) is 24.1 Å². The first-order chi connectivity index (χ1) is 14.5. The van der Waals surface area contributed by atoms with E-state index < -0.39 is 0 Å². The number of amides is 2. The van der Waals surface area contributed by atoms with Crippen LogP contribution >= 0.6 is 0 Å². The number of aryl methyl sites for hydroxylation is 1. The van der Waals surface area contributed by atoms with Gasteiger partial charge in [0, 0.05) is 32.7 Å². The highest BCUT2D eigenvalue weighted by Gasteiger charge is 2.32. The number of rotatable bonds is 5. The summed E-state index contributed by atoms with van der Waals surface area (Å²) >= 11 is 0. The smallest absolute Gasteiger partial charge is 0.289 e. The third-order valence-corrected chi connectivity index (χ3v) is 6.02. The molecule has 0 saturated carbocycles. The highest BCUT2D eigenvalue weighted by atomic mass is 16.5. The minimum absolute atomic E-state index is 0.0771. The van der Waals surface area contributed by atoms with Crippen molar-refractivity contribution in [2.45, 2.75) is 25.8 Å². The average Bonchev–Trinajstić information content (AvgIpc) is 3.43. The van der Waals surface area contributed by atoms with Gasteiger partial charge < -0.3 is 19.0 Å². The number of hydrogen-bond acceptors (Lipinski definition) is 5. The van der Waals surface area contributed by atoms with Crippen LogP contribution in [0.5, 0.6) is 5.75 Å². The van der Waals surface area contributed by atoms with Crippen LogP contribution < -0.4 is 4.74 Å². The van der Waals surface area contributed by atoms with Crippen LogP contribution in [0.15, 0.2) is 40.8 Å². The number of methoxy groups -OCH3 is 1. The molecule has 0 radical (unpaired) electrons. The predicted octanol–water partition coefficient (Wildman–Crippen LogP) is 2.72. The Hall–Kier alpha value is -2.80. The van der Waals surface area contributed by atoms with Crippen molar-refractivity contribution in [3.8, 4) is 5.75 Å². The van der Waals surface area contributed by atoms with Gasteiger partial charge in [0.25, 0.3) is 5.91 Å². The molecule has 2 amide bonds. The largest absolute Gasteiger partial charge is 0.497 e. The summed E-state index contributed by atoms with van der Waals surface area (Å²) in [6, 6.07) is 11.6.